The van der Waals surface area contributed by atoms with Gasteiger partial charge in [-0.05, 0) is 12.8 Å². The number of hydrogen-bond acceptors (Lipinski definition) is 4. The van der Waals surface area contributed by atoms with Gasteiger partial charge >= 0.3 is 7.82 Å². The van der Waals surface area contributed by atoms with Gasteiger partial charge in [0, 0.05) is 0 Å². The van der Waals surface area contributed by atoms with Crippen molar-refractivity contribution in [1.29, 1.82) is 0 Å². The number of nitrogens with zero attached hydrogens (tertiary/aromatic N) is 1. The number of hydrogen-bond donors (Lipinski definition) is 1. The molecule has 0 amide bonds. The summed E-state index contributed by atoms with van der Waals surface area (Å²) in [4.78, 5) is 9.62. The number of phosphoric acid groups is 1. The molecule has 0 spiro atoms. The molecule has 0 aromatic rings. The topological polar surface area (TPSA) is 78.8 Å². The zero-order chi connectivity index (χ0) is 26.4. The fourth-order valence-corrected chi connectivity index (χ4v) is 5.72. The Hall–Kier alpha value is 0.310. The van der Waals surface area contributed by atoms with Crippen LogP contribution in [0.15, 0.2) is 0 Å². The number of rotatable bonds is 26. The maximum Gasteiger partial charge on any atom is 0.472 e. The molecule has 1 N–H and O–H groups in total. The van der Waals surface area contributed by atoms with Gasteiger partial charge in [0.25, 0.3) is 0 Å². The fraction of sp³-hybridized carbons (Fsp3) is 1.00. The summed E-state index contributed by atoms with van der Waals surface area (Å²) in [6.45, 7) is 2.25. The van der Waals surface area contributed by atoms with E-state index in [2.05, 4.69) is 6.92 Å². The van der Waals surface area contributed by atoms with Gasteiger partial charge in [-0.25, -0.2) is 8.96 Å². The number of unbranched alkanes of at least 4 members (excludes halogenated alkanes) is 15. The summed E-state index contributed by atoms with van der Waals surface area (Å²) in [5.74, 6) is 0.299. The molecule has 0 bridgehead atoms. The zero-order valence-electron chi connectivity index (χ0n) is 23.2. The van der Waals surface area contributed by atoms with E-state index in [1.807, 2.05) is 21.1 Å². The van der Waals surface area contributed by atoms with Crippen LogP contribution < -0.4 is 0 Å². The van der Waals surface area contributed by atoms with E-state index < -0.39 is 31.8 Å². The van der Waals surface area contributed by atoms with Gasteiger partial charge in [0.05, 0.1) is 27.7 Å². The second kappa shape index (κ2) is 22.3. The molecule has 0 rings (SSSR count). The van der Waals surface area contributed by atoms with Gasteiger partial charge in [0.15, 0.2) is 6.17 Å². The number of phosphoric ester groups is 1. The highest BCUT2D eigenvalue weighted by atomic mass is 32.2. The molecule has 0 aromatic carbocycles. The van der Waals surface area contributed by atoms with E-state index in [-0.39, 0.29) is 12.4 Å². The minimum atomic E-state index is -4.28. The van der Waals surface area contributed by atoms with Gasteiger partial charge in [0.2, 0.25) is 0 Å². The van der Waals surface area contributed by atoms with Crippen molar-refractivity contribution in [3.05, 3.63) is 0 Å². The van der Waals surface area contributed by atoms with Crippen LogP contribution in [-0.2, 0) is 24.8 Å². The molecule has 35 heavy (non-hydrogen) atoms. The summed E-state index contributed by atoms with van der Waals surface area (Å²) >= 11 is -1.28. The summed E-state index contributed by atoms with van der Waals surface area (Å²) in [6.07, 6.45) is 19.0. The second-order valence-electron chi connectivity index (χ2n) is 10.8. The summed E-state index contributed by atoms with van der Waals surface area (Å²) < 4.78 is 48.0. The first kappa shape index (κ1) is 35.3. The van der Waals surface area contributed by atoms with Crippen molar-refractivity contribution in [1.82, 2.24) is 0 Å². The van der Waals surface area contributed by atoms with Crippen molar-refractivity contribution < 1.29 is 31.9 Å². The van der Waals surface area contributed by atoms with E-state index in [9.17, 15) is 18.4 Å². The normalized spacial score (nSPS) is 15.7. The molecule has 0 aliphatic carbocycles. The molecule has 0 aliphatic heterocycles. The molecule has 0 radical (unpaired) electrons. The van der Waals surface area contributed by atoms with E-state index in [1.54, 1.807) is 0 Å². The third-order valence-corrected chi connectivity index (χ3v) is 8.49. The first-order valence-corrected chi connectivity index (χ1v) is 17.0. The van der Waals surface area contributed by atoms with E-state index in [1.165, 1.54) is 83.5 Å². The van der Waals surface area contributed by atoms with Crippen LogP contribution in [0.4, 0.5) is 4.39 Å². The van der Waals surface area contributed by atoms with Gasteiger partial charge in [-0.1, -0.05) is 108 Å². The Bertz CT molecular complexity index is 524. The van der Waals surface area contributed by atoms with Crippen molar-refractivity contribution >= 4 is 19.0 Å². The highest BCUT2D eigenvalue weighted by Crippen LogP contribution is 2.43. The third-order valence-electron chi connectivity index (χ3n) is 6.03. The summed E-state index contributed by atoms with van der Waals surface area (Å²) in [5, 5.41) is 0. The molecular weight excluding hydrogens is 488 g/mol. The Balaban J connectivity index is 3.52. The number of alkyl halides is 1. The van der Waals surface area contributed by atoms with Crippen LogP contribution in [-0.4, -0.2) is 72.5 Å². The number of halogens is 1. The van der Waals surface area contributed by atoms with Crippen LogP contribution >= 0.6 is 7.82 Å². The summed E-state index contributed by atoms with van der Waals surface area (Å²) in [7, 11) is 1.51. The van der Waals surface area contributed by atoms with Crippen LogP contribution in [0.5, 0.6) is 0 Å². The molecular formula is C26H56FNO5PS+. The third kappa shape index (κ3) is 27.2. The Morgan fingerprint density at radius 3 is 1.69 bits per heavy atom. The van der Waals surface area contributed by atoms with Crippen molar-refractivity contribution in [3.63, 3.8) is 0 Å². The maximum absolute atomic E-state index is 14.0. The smallest absolute Gasteiger partial charge is 0.472 e. The highest BCUT2D eigenvalue weighted by molar-refractivity contribution is 7.91. The molecule has 0 saturated carbocycles. The van der Waals surface area contributed by atoms with E-state index in [0.29, 0.717) is 16.8 Å². The van der Waals surface area contributed by atoms with Crippen molar-refractivity contribution in [2.24, 2.45) is 0 Å². The molecule has 0 fully saturated rings. The summed E-state index contributed by atoms with van der Waals surface area (Å²) in [6, 6.07) is 0. The lowest BCUT2D eigenvalue weighted by Gasteiger charge is -2.24. The highest BCUT2D eigenvalue weighted by Gasteiger charge is 2.26. The van der Waals surface area contributed by atoms with Crippen molar-refractivity contribution in [2.45, 2.75) is 116 Å². The second-order valence-corrected chi connectivity index (χ2v) is 13.9. The lowest BCUT2D eigenvalue weighted by atomic mass is 10.0. The molecule has 6 nitrogen and oxygen atoms in total. The lowest BCUT2D eigenvalue weighted by Crippen LogP contribution is -2.37. The first-order valence-electron chi connectivity index (χ1n) is 14.0. The van der Waals surface area contributed by atoms with Crippen LogP contribution in [0.3, 0.4) is 0 Å². The molecule has 9 heteroatoms. The van der Waals surface area contributed by atoms with Gasteiger partial charge < -0.3 is 13.9 Å². The van der Waals surface area contributed by atoms with Crippen LogP contribution in [0, 0.1) is 0 Å². The Morgan fingerprint density at radius 2 is 1.26 bits per heavy atom. The van der Waals surface area contributed by atoms with Gasteiger partial charge in [0.1, 0.15) is 24.7 Å². The molecule has 0 saturated heterocycles. The predicted molar refractivity (Wildman–Crippen MR) is 147 cm³/mol. The monoisotopic (exact) mass is 544 g/mol. The molecule has 212 valence electrons. The van der Waals surface area contributed by atoms with E-state index in [4.69, 9.17) is 9.05 Å². The molecule has 0 heterocycles. The number of quaternary nitrogens is 1. The quantitative estimate of drug-likeness (QED) is 0.0540. The van der Waals surface area contributed by atoms with Crippen LogP contribution in [0.2, 0.25) is 0 Å². The average molecular weight is 545 g/mol. The van der Waals surface area contributed by atoms with E-state index >= 15 is 0 Å². The molecule has 3 atom stereocenters. The van der Waals surface area contributed by atoms with Crippen molar-refractivity contribution in [3.8, 4) is 0 Å². The Morgan fingerprint density at radius 1 is 0.829 bits per heavy atom. The average Bonchev–Trinajstić information content (AvgIpc) is 2.76. The van der Waals surface area contributed by atoms with E-state index in [0.717, 1.165) is 19.3 Å². The lowest BCUT2D eigenvalue weighted by molar-refractivity contribution is -0.870. The van der Waals surface area contributed by atoms with Crippen LogP contribution in [0.25, 0.3) is 0 Å². The summed E-state index contributed by atoms with van der Waals surface area (Å²) in [5.41, 5.74) is 0. The minimum absolute atomic E-state index is 0.0411. The van der Waals surface area contributed by atoms with Crippen molar-refractivity contribution in [2.75, 3.05) is 52.4 Å². The minimum Gasteiger partial charge on any atom is -0.616 e. The van der Waals surface area contributed by atoms with Gasteiger partial charge in [-0.2, -0.15) is 0 Å². The molecule has 0 aromatic heterocycles. The number of likely N-dealkylation sites (N-methyl/N-ethyl adjacent to an activating group) is 1. The molecule has 3 unspecified atom stereocenters. The van der Waals surface area contributed by atoms with Gasteiger partial charge in [-0.3, -0.25) is 9.05 Å². The Labute approximate surface area is 219 Å². The standard InChI is InChI=1S/C26H55FNO5PS/c1-5-6-7-8-9-10-11-12-13-14-15-16-17-18-19-20-23-35(31)25-26(27)24-33-34(29,30)32-22-21-28(2,3)4/h26H,5-25H2,1-4H3/p+1. The van der Waals surface area contributed by atoms with Crippen LogP contribution in [0.1, 0.15) is 110 Å². The fourth-order valence-electron chi connectivity index (χ4n) is 3.79. The zero-order valence-corrected chi connectivity index (χ0v) is 24.9. The first-order chi connectivity index (χ1) is 16.6. The predicted octanol–water partition coefficient (Wildman–Crippen LogP) is 7.17. The largest absolute Gasteiger partial charge is 0.616 e. The van der Waals surface area contributed by atoms with Gasteiger partial charge in [-0.15, -0.1) is 0 Å². The SMILES string of the molecule is CCCCCCCCCCCCCCCCCC[S+]([O-])CC(F)COP(=O)(O)OCC[N+](C)(C)C. The maximum atomic E-state index is 14.0. The molecule has 0 aliphatic rings. The Kier molecular flexibility index (Phi) is 22.5.